The summed E-state index contributed by atoms with van der Waals surface area (Å²) in [5.41, 5.74) is 1.54. The van der Waals surface area contributed by atoms with E-state index in [1.807, 2.05) is 6.07 Å². The molecule has 0 amide bonds. The molecule has 0 saturated carbocycles. The van der Waals surface area contributed by atoms with E-state index < -0.39 is 0 Å². The zero-order valence-corrected chi connectivity index (χ0v) is 17.3. The van der Waals surface area contributed by atoms with Gasteiger partial charge in [0.05, 0.1) is 30.9 Å². The van der Waals surface area contributed by atoms with Crippen LogP contribution in [-0.4, -0.2) is 26.8 Å². The van der Waals surface area contributed by atoms with Crippen molar-refractivity contribution in [1.82, 2.24) is 20.2 Å². The number of tetrazole rings is 1. The third-order valence-corrected chi connectivity index (χ3v) is 4.83. The minimum Gasteiger partial charge on any atom is -0.493 e. The Morgan fingerprint density at radius 1 is 1.17 bits per heavy atom. The Kier molecular flexibility index (Phi) is 7.95. The van der Waals surface area contributed by atoms with Crippen LogP contribution < -0.4 is 10.2 Å². The lowest BCUT2D eigenvalue weighted by Crippen LogP contribution is -2.05. The minimum absolute atomic E-state index is 0.0363. The van der Waals surface area contributed by atoms with Crippen LogP contribution in [0.3, 0.4) is 0 Å². The fourth-order valence-electron chi connectivity index (χ4n) is 3.31. The van der Waals surface area contributed by atoms with E-state index in [0.29, 0.717) is 30.5 Å². The van der Waals surface area contributed by atoms with Crippen LogP contribution in [0, 0.1) is 11.3 Å². The standard InChI is InChI=1S/C22H27N5O3/c1-2-8-18-20(11-10-17-19(28)12-16-30-22(17)18)29-15-7-4-9-21-24-26-27(25-21)14-6-3-5-13-23/h10-12,16H,2-9,14-15H2,1H3. The number of hydrogen-bond donors (Lipinski definition) is 0. The van der Waals surface area contributed by atoms with Crippen molar-refractivity contribution in [2.45, 2.75) is 64.8 Å². The molecule has 1 aromatic carbocycles. The molecule has 3 aromatic rings. The molecule has 0 aliphatic carbocycles. The maximum atomic E-state index is 12.0. The van der Waals surface area contributed by atoms with Crippen LogP contribution in [0.15, 0.2) is 33.7 Å². The van der Waals surface area contributed by atoms with Gasteiger partial charge in [-0.3, -0.25) is 4.79 Å². The number of aryl methyl sites for hydroxylation is 3. The summed E-state index contributed by atoms with van der Waals surface area (Å²) < 4.78 is 11.6. The first-order valence-electron chi connectivity index (χ1n) is 10.5. The van der Waals surface area contributed by atoms with Gasteiger partial charge in [0, 0.05) is 24.5 Å². The van der Waals surface area contributed by atoms with E-state index in [9.17, 15) is 4.79 Å². The van der Waals surface area contributed by atoms with Crippen LogP contribution in [0.1, 0.15) is 56.8 Å². The highest BCUT2D eigenvalue weighted by atomic mass is 16.5. The van der Waals surface area contributed by atoms with Gasteiger partial charge in [-0.05, 0) is 49.5 Å². The van der Waals surface area contributed by atoms with Gasteiger partial charge >= 0.3 is 0 Å². The molecule has 0 aliphatic heterocycles. The predicted molar refractivity (Wildman–Crippen MR) is 112 cm³/mol. The van der Waals surface area contributed by atoms with E-state index in [1.165, 1.54) is 12.3 Å². The van der Waals surface area contributed by atoms with Crippen molar-refractivity contribution in [3.63, 3.8) is 0 Å². The van der Waals surface area contributed by atoms with Gasteiger partial charge in [-0.1, -0.05) is 13.3 Å². The van der Waals surface area contributed by atoms with Crippen LogP contribution in [-0.2, 0) is 19.4 Å². The molecule has 0 saturated heterocycles. The molecule has 30 heavy (non-hydrogen) atoms. The molecule has 2 heterocycles. The SMILES string of the molecule is CCCc1c(OCCCCc2nnn(CCCCC#N)n2)ccc2c(=O)ccoc12. The van der Waals surface area contributed by atoms with Crippen molar-refractivity contribution in [2.24, 2.45) is 0 Å². The topological polar surface area (TPSA) is 107 Å². The molecule has 8 nitrogen and oxygen atoms in total. The maximum absolute atomic E-state index is 12.0. The van der Waals surface area contributed by atoms with Crippen molar-refractivity contribution < 1.29 is 9.15 Å². The first-order chi connectivity index (χ1) is 14.7. The summed E-state index contributed by atoms with van der Waals surface area (Å²) in [6.07, 6.45) is 7.96. The quantitative estimate of drug-likeness (QED) is 0.418. The van der Waals surface area contributed by atoms with E-state index in [1.54, 1.807) is 10.9 Å². The number of rotatable bonds is 12. The zero-order valence-electron chi connectivity index (χ0n) is 17.3. The predicted octanol–water partition coefficient (Wildman–Crippen LogP) is 3.83. The second kappa shape index (κ2) is 11.1. The van der Waals surface area contributed by atoms with E-state index in [-0.39, 0.29) is 5.43 Å². The van der Waals surface area contributed by atoms with Gasteiger partial charge < -0.3 is 9.15 Å². The molecule has 0 radical (unpaired) electrons. The largest absolute Gasteiger partial charge is 0.493 e. The lowest BCUT2D eigenvalue weighted by Gasteiger charge is -2.12. The van der Waals surface area contributed by atoms with Gasteiger partial charge in [0.25, 0.3) is 0 Å². The van der Waals surface area contributed by atoms with Gasteiger partial charge in [0.15, 0.2) is 11.3 Å². The van der Waals surface area contributed by atoms with Crippen LogP contribution >= 0.6 is 0 Å². The molecule has 0 atom stereocenters. The summed E-state index contributed by atoms with van der Waals surface area (Å²) in [5.74, 6) is 1.51. The second-order valence-electron chi connectivity index (χ2n) is 7.18. The third kappa shape index (κ3) is 5.66. The highest BCUT2D eigenvalue weighted by molar-refractivity contribution is 5.81. The first-order valence-corrected chi connectivity index (χ1v) is 10.5. The molecule has 0 unspecified atom stereocenters. The minimum atomic E-state index is -0.0363. The number of fused-ring (bicyclic) bond motifs is 1. The van der Waals surface area contributed by atoms with Gasteiger partial charge in [0.2, 0.25) is 0 Å². The van der Waals surface area contributed by atoms with Crippen molar-refractivity contribution in [3.8, 4) is 11.8 Å². The van der Waals surface area contributed by atoms with E-state index in [2.05, 4.69) is 28.4 Å². The molecule has 0 aliphatic rings. The third-order valence-electron chi connectivity index (χ3n) is 4.83. The Morgan fingerprint density at radius 3 is 2.90 bits per heavy atom. The second-order valence-corrected chi connectivity index (χ2v) is 7.18. The summed E-state index contributed by atoms with van der Waals surface area (Å²) in [4.78, 5) is 13.6. The number of unbranched alkanes of at least 4 members (excludes halogenated alkanes) is 3. The number of aromatic nitrogens is 4. The maximum Gasteiger partial charge on any atom is 0.192 e. The molecule has 8 heteroatoms. The van der Waals surface area contributed by atoms with Crippen molar-refractivity contribution >= 4 is 11.0 Å². The Labute approximate surface area is 175 Å². The Balaban J connectivity index is 1.48. The van der Waals surface area contributed by atoms with Gasteiger partial charge in [0.1, 0.15) is 11.3 Å². The van der Waals surface area contributed by atoms with Gasteiger partial charge in [-0.15, -0.1) is 10.2 Å². The first kappa shape index (κ1) is 21.5. The summed E-state index contributed by atoms with van der Waals surface area (Å²) >= 11 is 0. The Bertz CT molecular complexity index is 1050. The number of hydrogen-bond acceptors (Lipinski definition) is 7. The Hall–Kier alpha value is -3.21. The van der Waals surface area contributed by atoms with Crippen LogP contribution in [0.4, 0.5) is 0 Å². The molecule has 0 N–H and O–H groups in total. The zero-order chi connectivity index (χ0) is 21.2. The van der Waals surface area contributed by atoms with Gasteiger partial charge in [-0.2, -0.15) is 10.1 Å². The molecular formula is C22H27N5O3. The number of ether oxygens (including phenoxy) is 1. The summed E-state index contributed by atoms with van der Waals surface area (Å²) in [6.45, 7) is 3.35. The van der Waals surface area contributed by atoms with Crippen molar-refractivity contribution in [3.05, 3.63) is 46.1 Å². The molecule has 2 aromatic heterocycles. The lowest BCUT2D eigenvalue weighted by molar-refractivity contribution is 0.303. The molecule has 0 spiro atoms. The smallest absolute Gasteiger partial charge is 0.192 e. The number of nitrogens with zero attached hydrogens (tertiary/aromatic N) is 5. The number of benzene rings is 1. The monoisotopic (exact) mass is 409 g/mol. The summed E-state index contributed by atoms with van der Waals surface area (Å²) in [6, 6.07) is 7.21. The average Bonchev–Trinajstić information content (AvgIpc) is 3.20. The van der Waals surface area contributed by atoms with Crippen molar-refractivity contribution in [2.75, 3.05) is 6.61 Å². The van der Waals surface area contributed by atoms with Crippen LogP contribution in [0.25, 0.3) is 11.0 Å². The lowest BCUT2D eigenvalue weighted by atomic mass is 10.1. The van der Waals surface area contributed by atoms with E-state index in [0.717, 1.165) is 62.1 Å². The van der Waals surface area contributed by atoms with Crippen molar-refractivity contribution in [1.29, 1.82) is 5.26 Å². The highest BCUT2D eigenvalue weighted by Crippen LogP contribution is 2.28. The van der Waals surface area contributed by atoms with Crippen LogP contribution in [0.2, 0.25) is 0 Å². The van der Waals surface area contributed by atoms with E-state index in [4.69, 9.17) is 14.4 Å². The summed E-state index contributed by atoms with van der Waals surface area (Å²) in [5, 5.41) is 21.7. The highest BCUT2D eigenvalue weighted by Gasteiger charge is 2.12. The normalized spacial score (nSPS) is 10.9. The molecular weight excluding hydrogens is 382 g/mol. The fourth-order valence-corrected chi connectivity index (χ4v) is 3.31. The fraction of sp³-hybridized carbons (Fsp3) is 0.500. The van der Waals surface area contributed by atoms with Crippen LogP contribution in [0.5, 0.6) is 5.75 Å². The molecule has 3 rings (SSSR count). The summed E-state index contributed by atoms with van der Waals surface area (Å²) in [7, 11) is 0. The molecule has 158 valence electrons. The average molecular weight is 409 g/mol. The number of nitriles is 1. The molecule has 0 bridgehead atoms. The van der Waals surface area contributed by atoms with E-state index >= 15 is 0 Å². The Morgan fingerprint density at radius 2 is 2.07 bits per heavy atom. The molecule has 0 fully saturated rings. The van der Waals surface area contributed by atoms with Gasteiger partial charge in [-0.25, -0.2) is 0 Å².